The van der Waals surface area contributed by atoms with Crippen LogP contribution in [0.1, 0.15) is 24.2 Å². The van der Waals surface area contributed by atoms with Crippen LogP contribution in [0.3, 0.4) is 0 Å². The Kier molecular flexibility index (Phi) is 5.74. The number of nitrogens with zero attached hydrogens (tertiary/aromatic N) is 1. The van der Waals surface area contributed by atoms with Crippen molar-refractivity contribution in [3.63, 3.8) is 0 Å². The molecule has 8 heteroatoms. The minimum Gasteiger partial charge on any atom is -0.372 e. The van der Waals surface area contributed by atoms with Gasteiger partial charge in [-0.2, -0.15) is 0 Å². The molecular formula is C19H21ClN2O4S. The summed E-state index contributed by atoms with van der Waals surface area (Å²) in [6, 6.07) is 12.4. The number of carbonyl (C=O) groups excluding carboxylic acids is 1. The van der Waals surface area contributed by atoms with Crippen LogP contribution < -0.4 is 4.72 Å². The molecular weight excluding hydrogens is 388 g/mol. The van der Waals surface area contributed by atoms with E-state index in [0.29, 0.717) is 29.4 Å². The molecule has 1 N–H and O–H groups in total. The minimum atomic E-state index is -3.82. The number of halogens is 1. The summed E-state index contributed by atoms with van der Waals surface area (Å²) in [5.41, 5.74) is 0.724. The lowest BCUT2D eigenvalue weighted by Gasteiger charge is -2.35. The molecule has 27 heavy (non-hydrogen) atoms. The number of amides is 1. The van der Waals surface area contributed by atoms with Gasteiger partial charge in [-0.15, -0.1) is 0 Å². The number of hydrogen-bond acceptors (Lipinski definition) is 4. The van der Waals surface area contributed by atoms with Crippen LogP contribution in [0.15, 0.2) is 53.4 Å². The van der Waals surface area contributed by atoms with Crippen molar-refractivity contribution >= 4 is 33.2 Å². The molecule has 2 aromatic carbocycles. The Morgan fingerprint density at radius 3 is 2.37 bits per heavy atom. The highest BCUT2D eigenvalue weighted by molar-refractivity contribution is 7.92. The predicted octanol–water partition coefficient (Wildman–Crippen LogP) is 3.39. The number of benzene rings is 2. The van der Waals surface area contributed by atoms with E-state index in [0.717, 1.165) is 0 Å². The molecule has 0 aromatic heterocycles. The van der Waals surface area contributed by atoms with Gasteiger partial charge in [0.1, 0.15) is 0 Å². The van der Waals surface area contributed by atoms with Gasteiger partial charge in [-0.1, -0.05) is 17.7 Å². The lowest BCUT2D eigenvalue weighted by atomic mass is 10.1. The molecule has 2 aromatic rings. The Hall–Kier alpha value is -2.09. The molecule has 1 amide bonds. The van der Waals surface area contributed by atoms with E-state index >= 15 is 0 Å². The number of nitrogens with one attached hydrogen (secondary N) is 1. The maximum absolute atomic E-state index is 12.8. The fraction of sp³-hybridized carbons (Fsp3) is 0.316. The second kappa shape index (κ2) is 7.88. The summed E-state index contributed by atoms with van der Waals surface area (Å²) in [5.74, 6) is -0.208. The van der Waals surface area contributed by atoms with Gasteiger partial charge in [0.05, 0.1) is 17.1 Å². The standard InChI is InChI=1S/C19H21ClN2O4S/c1-13-11-22(12-14(2)26-13)19(23)15-4-3-5-18(10-15)27(24,25)21-17-8-6-16(20)7-9-17/h3-10,13-14,21H,11-12H2,1-2H3/t13-,14+. The molecule has 144 valence electrons. The quantitative estimate of drug-likeness (QED) is 0.841. The monoisotopic (exact) mass is 408 g/mol. The summed E-state index contributed by atoms with van der Waals surface area (Å²) in [6.45, 7) is 4.77. The third kappa shape index (κ3) is 4.80. The van der Waals surface area contributed by atoms with Gasteiger partial charge in [-0.05, 0) is 56.3 Å². The molecule has 3 rings (SSSR count). The first kappa shape index (κ1) is 19.7. The average Bonchev–Trinajstić information content (AvgIpc) is 2.62. The largest absolute Gasteiger partial charge is 0.372 e. The van der Waals surface area contributed by atoms with Gasteiger partial charge >= 0.3 is 0 Å². The number of hydrogen-bond donors (Lipinski definition) is 1. The molecule has 6 nitrogen and oxygen atoms in total. The normalized spacial score (nSPS) is 20.3. The van der Waals surface area contributed by atoms with Crippen molar-refractivity contribution in [2.24, 2.45) is 0 Å². The fourth-order valence-electron chi connectivity index (χ4n) is 3.05. The molecule has 1 heterocycles. The number of carbonyl (C=O) groups is 1. The zero-order chi connectivity index (χ0) is 19.6. The average molecular weight is 409 g/mol. The van der Waals surface area contributed by atoms with Crippen LogP contribution in [-0.2, 0) is 14.8 Å². The molecule has 1 saturated heterocycles. The van der Waals surface area contributed by atoms with Gasteiger partial charge in [0.15, 0.2) is 0 Å². The maximum Gasteiger partial charge on any atom is 0.261 e. The SMILES string of the molecule is C[C@@H]1CN(C(=O)c2cccc(S(=O)(=O)Nc3ccc(Cl)cc3)c2)C[C@H](C)O1. The van der Waals surface area contributed by atoms with Crippen molar-refractivity contribution in [1.29, 1.82) is 0 Å². The van der Waals surface area contributed by atoms with E-state index in [1.807, 2.05) is 13.8 Å². The van der Waals surface area contributed by atoms with Crippen molar-refractivity contribution < 1.29 is 17.9 Å². The zero-order valence-electron chi connectivity index (χ0n) is 15.1. The Balaban J connectivity index is 1.82. The van der Waals surface area contributed by atoms with Gasteiger partial charge < -0.3 is 9.64 Å². The first-order valence-electron chi connectivity index (χ1n) is 8.58. The third-order valence-electron chi connectivity index (χ3n) is 4.19. The minimum absolute atomic E-state index is 0.0256. The molecule has 0 saturated carbocycles. The zero-order valence-corrected chi connectivity index (χ0v) is 16.6. The summed E-state index contributed by atoms with van der Waals surface area (Å²) < 4.78 is 33.4. The highest BCUT2D eigenvalue weighted by atomic mass is 35.5. The summed E-state index contributed by atoms with van der Waals surface area (Å²) in [5, 5.41) is 0.513. The van der Waals surface area contributed by atoms with Gasteiger partial charge in [0.2, 0.25) is 0 Å². The van der Waals surface area contributed by atoms with E-state index in [4.69, 9.17) is 16.3 Å². The summed E-state index contributed by atoms with van der Waals surface area (Å²) in [6.07, 6.45) is -0.118. The first-order chi connectivity index (χ1) is 12.7. The van der Waals surface area contributed by atoms with Crippen LogP contribution in [-0.4, -0.2) is 44.5 Å². The van der Waals surface area contributed by atoms with E-state index in [-0.39, 0.29) is 23.0 Å². The summed E-state index contributed by atoms with van der Waals surface area (Å²) in [4.78, 5) is 14.5. The van der Waals surface area contributed by atoms with Crippen molar-refractivity contribution in [2.75, 3.05) is 17.8 Å². The number of rotatable bonds is 4. The molecule has 0 spiro atoms. The van der Waals surface area contributed by atoms with Crippen LogP contribution in [0.5, 0.6) is 0 Å². The second-order valence-corrected chi connectivity index (χ2v) is 8.73. The first-order valence-corrected chi connectivity index (χ1v) is 10.4. The van der Waals surface area contributed by atoms with Gasteiger partial charge in [0, 0.05) is 29.4 Å². The van der Waals surface area contributed by atoms with Gasteiger partial charge in [-0.25, -0.2) is 8.42 Å². The van der Waals surface area contributed by atoms with E-state index < -0.39 is 10.0 Å². The lowest BCUT2D eigenvalue weighted by molar-refractivity contribution is -0.0586. The van der Waals surface area contributed by atoms with E-state index in [1.54, 1.807) is 41.3 Å². The molecule has 0 unspecified atom stereocenters. The Morgan fingerprint density at radius 2 is 1.74 bits per heavy atom. The summed E-state index contributed by atoms with van der Waals surface area (Å²) >= 11 is 5.82. The number of anilines is 1. The predicted molar refractivity (Wildman–Crippen MR) is 105 cm³/mol. The van der Waals surface area contributed by atoms with Crippen LogP contribution in [0.4, 0.5) is 5.69 Å². The van der Waals surface area contributed by atoms with Crippen molar-refractivity contribution in [3.05, 3.63) is 59.1 Å². The van der Waals surface area contributed by atoms with Crippen molar-refractivity contribution in [2.45, 2.75) is 31.0 Å². The third-order valence-corrected chi connectivity index (χ3v) is 5.83. The summed E-state index contributed by atoms with van der Waals surface area (Å²) in [7, 11) is -3.82. The molecule has 0 radical (unpaired) electrons. The number of ether oxygens (including phenoxy) is 1. The van der Waals surface area contributed by atoms with Crippen LogP contribution in [0, 0.1) is 0 Å². The van der Waals surface area contributed by atoms with Crippen LogP contribution >= 0.6 is 11.6 Å². The van der Waals surface area contributed by atoms with E-state index in [1.165, 1.54) is 12.1 Å². The van der Waals surface area contributed by atoms with E-state index in [9.17, 15) is 13.2 Å². The van der Waals surface area contributed by atoms with Crippen molar-refractivity contribution in [3.8, 4) is 0 Å². The van der Waals surface area contributed by atoms with Gasteiger partial charge in [0.25, 0.3) is 15.9 Å². The topological polar surface area (TPSA) is 75.7 Å². The van der Waals surface area contributed by atoms with Crippen LogP contribution in [0.2, 0.25) is 5.02 Å². The van der Waals surface area contributed by atoms with Crippen LogP contribution in [0.25, 0.3) is 0 Å². The molecule has 1 aliphatic rings. The second-order valence-electron chi connectivity index (χ2n) is 6.61. The molecule has 1 fully saturated rings. The fourth-order valence-corrected chi connectivity index (χ4v) is 4.28. The molecule has 0 aliphatic carbocycles. The lowest BCUT2D eigenvalue weighted by Crippen LogP contribution is -2.48. The number of sulfonamides is 1. The Bertz CT molecular complexity index is 921. The maximum atomic E-state index is 12.8. The highest BCUT2D eigenvalue weighted by Gasteiger charge is 2.27. The van der Waals surface area contributed by atoms with Crippen molar-refractivity contribution in [1.82, 2.24) is 4.90 Å². The molecule has 0 bridgehead atoms. The highest BCUT2D eigenvalue weighted by Crippen LogP contribution is 2.21. The molecule has 2 atom stereocenters. The Labute approximate surface area is 164 Å². The molecule has 1 aliphatic heterocycles. The number of morpholine rings is 1. The smallest absolute Gasteiger partial charge is 0.261 e. The van der Waals surface area contributed by atoms with E-state index in [2.05, 4.69) is 4.72 Å². The Morgan fingerprint density at radius 1 is 1.11 bits per heavy atom. The van der Waals surface area contributed by atoms with Gasteiger partial charge in [-0.3, -0.25) is 9.52 Å².